The Morgan fingerprint density at radius 1 is 0.621 bits per heavy atom. The molecule has 0 saturated carbocycles. The molecule has 0 amide bonds. The summed E-state index contributed by atoms with van der Waals surface area (Å²) in [5.41, 5.74) is 7.46. The molecule has 0 spiro atoms. The zero-order chi connectivity index (χ0) is 19.5. The van der Waals surface area contributed by atoms with E-state index in [1.807, 2.05) is 41.2 Å². The third-order valence-corrected chi connectivity index (χ3v) is 4.98. The van der Waals surface area contributed by atoms with Gasteiger partial charge in [0.25, 0.3) is 0 Å². The molecule has 4 nitrogen and oxygen atoms in total. The molecule has 0 fully saturated rings. The van der Waals surface area contributed by atoms with Gasteiger partial charge >= 0.3 is 0 Å². The van der Waals surface area contributed by atoms with Crippen molar-refractivity contribution in [3.05, 3.63) is 109 Å². The maximum absolute atomic E-state index is 4.45. The zero-order valence-corrected chi connectivity index (χ0v) is 15.8. The summed E-state index contributed by atoms with van der Waals surface area (Å²) in [5, 5.41) is 8.85. The molecule has 1 aliphatic heterocycles. The lowest BCUT2D eigenvalue weighted by Gasteiger charge is -2.04. The van der Waals surface area contributed by atoms with Crippen molar-refractivity contribution in [3.63, 3.8) is 0 Å². The molecule has 29 heavy (non-hydrogen) atoms. The maximum atomic E-state index is 4.45. The Labute approximate surface area is 169 Å². The number of rotatable bonds is 4. The van der Waals surface area contributed by atoms with Crippen molar-refractivity contribution in [3.8, 4) is 22.4 Å². The van der Waals surface area contributed by atoms with Gasteiger partial charge in [0.05, 0.1) is 10.8 Å². The normalized spacial score (nSPS) is 13.1. The van der Waals surface area contributed by atoms with Crippen LogP contribution in [0.5, 0.6) is 0 Å². The van der Waals surface area contributed by atoms with Crippen molar-refractivity contribution in [2.75, 3.05) is 6.54 Å². The summed E-state index contributed by atoms with van der Waals surface area (Å²) < 4.78 is 1.93. The van der Waals surface area contributed by atoms with Crippen LogP contribution in [-0.4, -0.2) is 21.9 Å². The van der Waals surface area contributed by atoms with Crippen molar-refractivity contribution < 1.29 is 4.70 Å². The number of benzene rings is 3. The summed E-state index contributed by atoms with van der Waals surface area (Å²) in [6, 6.07) is 33.0. The van der Waals surface area contributed by atoms with Crippen molar-refractivity contribution >= 4 is 11.4 Å². The molecular formula is C25H19N4+. The topological polar surface area (TPSA) is 40.6 Å². The van der Waals surface area contributed by atoms with E-state index in [1.165, 1.54) is 11.1 Å². The lowest BCUT2D eigenvalue weighted by atomic mass is 10.0. The lowest BCUT2D eigenvalue weighted by Crippen LogP contribution is -2.11. The summed E-state index contributed by atoms with van der Waals surface area (Å²) in [6.45, 7) is 0.643. The molecule has 1 aliphatic rings. The van der Waals surface area contributed by atoms with Crippen LogP contribution >= 0.6 is 0 Å². The van der Waals surface area contributed by atoms with Gasteiger partial charge in [0, 0.05) is 17.3 Å². The number of hydrogen-bond acceptors (Lipinski definition) is 3. The van der Waals surface area contributed by atoms with Crippen LogP contribution in [0.4, 0.5) is 5.69 Å². The van der Waals surface area contributed by atoms with Crippen LogP contribution in [0, 0.1) is 0 Å². The minimum absolute atomic E-state index is 0.643. The summed E-state index contributed by atoms with van der Waals surface area (Å²) in [4.78, 5) is 4.44. The molecule has 0 unspecified atom stereocenters. The van der Waals surface area contributed by atoms with Gasteiger partial charge < -0.3 is 0 Å². The van der Waals surface area contributed by atoms with Crippen molar-refractivity contribution in [1.29, 1.82) is 0 Å². The second-order valence-electron chi connectivity index (χ2n) is 6.91. The first kappa shape index (κ1) is 17.2. The quantitative estimate of drug-likeness (QED) is 0.408. The summed E-state index contributed by atoms with van der Waals surface area (Å²) in [5.74, 6) is 0. The van der Waals surface area contributed by atoms with E-state index in [9.17, 15) is 0 Å². The highest BCUT2D eigenvalue weighted by atomic mass is 15.5. The highest BCUT2D eigenvalue weighted by Crippen LogP contribution is 2.25. The van der Waals surface area contributed by atoms with E-state index in [0.717, 1.165) is 28.2 Å². The molecule has 0 N–H and O–H groups in total. The van der Waals surface area contributed by atoms with Crippen molar-refractivity contribution in [1.82, 2.24) is 4.98 Å². The minimum Gasteiger partial charge on any atom is -0.256 e. The molecule has 5 rings (SSSR count). The van der Waals surface area contributed by atoms with Crippen molar-refractivity contribution in [2.45, 2.75) is 0 Å². The predicted molar refractivity (Wildman–Crippen MR) is 115 cm³/mol. The van der Waals surface area contributed by atoms with Crippen LogP contribution in [0.15, 0.2) is 114 Å². The molecule has 0 bridgehead atoms. The Hall–Kier alpha value is -3.92. The fraction of sp³-hybridized carbons (Fsp3) is 0.0400. The third-order valence-electron chi connectivity index (χ3n) is 4.98. The smallest absolute Gasteiger partial charge is 0.231 e. The predicted octanol–water partition coefficient (Wildman–Crippen LogP) is 5.93. The monoisotopic (exact) mass is 375 g/mol. The lowest BCUT2D eigenvalue weighted by molar-refractivity contribution is -0.492. The number of hydrogen-bond donors (Lipinski definition) is 0. The summed E-state index contributed by atoms with van der Waals surface area (Å²) >= 11 is 0. The maximum Gasteiger partial charge on any atom is 0.231 e. The first-order chi connectivity index (χ1) is 14.4. The highest BCUT2D eigenvalue weighted by molar-refractivity contribution is 6.02. The van der Waals surface area contributed by atoms with Gasteiger partial charge in [-0.2, -0.15) is 0 Å². The van der Waals surface area contributed by atoms with E-state index in [2.05, 4.69) is 82.0 Å². The molecule has 138 valence electrons. The number of pyridine rings is 1. The number of nitrogens with zero attached hydrogens (tertiary/aromatic N) is 4. The second-order valence-corrected chi connectivity index (χ2v) is 6.91. The SMILES string of the molecule is c1ccc(-c2cccc(C3=NN=[N+](c4cccc(-c5ccccn5)c4)C3)c2)cc1. The van der Waals surface area contributed by atoms with Gasteiger partial charge in [-0.1, -0.05) is 66.7 Å². The molecule has 0 atom stereocenters. The van der Waals surface area contributed by atoms with Crippen LogP contribution < -0.4 is 0 Å². The fourth-order valence-electron chi connectivity index (χ4n) is 3.47. The van der Waals surface area contributed by atoms with E-state index >= 15 is 0 Å². The molecule has 4 aromatic rings. The standard InChI is InChI=1S/C25H19N4/c1-2-8-19(9-3-1)20-10-6-11-21(16-20)25-18-29(28-27-25)23-13-7-12-22(17-23)24-14-4-5-15-26-24/h1-17H,18H2/q+1. The van der Waals surface area contributed by atoms with Gasteiger partial charge in [-0.05, 0) is 41.5 Å². The van der Waals surface area contributed by atoms with Gasteiger partial charge in [0.1, 0.15) is 5.22 Å². The Balaban J connectivity index is 1.38. The molecule has 0 radical (unpaired) electrons. The average molecular weight is 375 g/mol. The minimum atomic E-state index is 0.643. The Morgan fingerprint density at radius 3 is 2.24 bits per heavy atom. The van der Waals surface area contributed by atoms with Crippen LogP contribution in [-0.2, 0) is 0 Å². The van der Waals surface area contributed by atoms with Crippen molar-refractivity contribution in [2.24, 2.45) is 10.3 Å². The largest absolute Gasteiger partial charge is 0.256 e. The van der Waals surface area contributed by atoms with Gasteiger partial charge in [0.15, 0.2) is 12.2 Å². The fourth-order valence-corrected chi connectivity index (χ4v) is 3.47. The number of aromatic nitrogens is 1. The van der Waals surface area contributed by atoms with Crippen LogP contribution in [0.25, 0.3) is 22.4 Å². The molecule has 0 aliphatic carbocycles. The van der Waals surface area contributed by atoms with E-state index in [4.69, 9.17) is 0 Å². The van der Waals surface area contributed by atoms with Gasteiger partial charge in [-0.25, -0.2) is 0 Å². The van der Waals surface area contributed by atoms with Gasteiger partial charge in [-0.3, -0.25) is 4.98 Å². The first-order valence-corrected chi connectivity index (χ1v) is 9.59. The third kappa shape index (κ3) is 3.60. The van der Waals surface area contributed by atoms with E-state index in [0.29, 0.717) is 6.54 Å². The Bertz CT molecular complexity index is 1110. The second kappa shape index (κ2) is 7.60. The highest BCUT2D eigenvalue weighted by Gasteiger charge is 2.24. The van der Waals surface area contributed by atoms with E-state index in [-0.39, 0.29) is 0 Å². The van der Waals surface area contributed by atoms with Gasteiger partial charge in [0.2, 0.25) is 5.71 Å². The molecular weight excluding hydrogens is 356 g/mol. The Morgan fingerprint density at radius 2 is 1.38 bits per heavy atom. The summed E-state index contributed by atoms with van der Waals surface area (Å²) in [6.07, 6.45) is 1.81. The molecule has 3 aromatic carbocycles. The summed E-state index contributed by atoms with van der Waals surface area (Å²) in [7, 11) is 0. The Kier molecular flexibility index (Phi) is 4.51. The van der Waals surface area contributed by atoms with Crippen LogP contribution in [0.3, 0.4) is 0 Å². The molecule has 4 heteroatoms. The first-order valence-electron chi connectivity index (χ1n) is 9.59. The molecule has 0 saturated heterocycles. The van der Waals surface area contributed by atoms with Crippen LogP contribution in [0.1, 0.15) is 5.56 Å². The van der Waals surface area contributed by atoms with E-state index in [1.54, 1.807) is 0 Å². The zero-order valence-electron chi connectivity index (χ0n) is 15.8. The van der Waals surface area contributed by atoms with Gasteiger partial charge in [-0.15, -0.1) is 4.70 Å². The van der Waals surface area contributed by atoms with E-state index < -0.39 is 0 Å². The molecule has 1 aromatic heterocycles. The molecule has 2 heterocycles. The van der Waals surface area contributed by atoms with Crippen LogP contribution in [0.2, 0.25) is 0 Å². The average Bonchev–Trinajstić information content (AvgIpc) is 3.31.